The average molecular weight is 393 g/mol. The van der Waals surface area contributed by atoms with Crippen molar-refractivity contribution in [1.29, 1.82) is 0 Å². The summed E-state index contributed by atoms with van der Waals surface area (Å²) in [5, 5.41) is 5.56. The van der Waals surface area contributed by atoms with Gasteiger partial charge in [0.1, 0.15) is 12.1 Å². The third-order valence-corrected chi connectivity index (χ3v) is 6.20. The van der Waals surface area contributed by atoms with E-state index in [-0.39, 0.29) is 23.3 Å². The number of hydrogen-bond acceptors (Lipinski definition) is 5. The van der Waals surface area contributed by atoms with Gasteiger partial charge in [-0.3, -0.25) is 19.3 Å². The molecular formula is C20H31N3O5. The number of carbonyl (C=O) groups excluding carboxylic acids is 4. The van der Waals surface area contributed by atoms with Crippen LogP contribution in [-0.4, -0.2) is 52.9 Å². The van der Waals surface area contributed by atoms with Crippen LogP contribution in [0.25, 0.3) is 0 Å². The average Bonchev–Trinajstić information content (AvgIpc) is 3.38. The molecule has 0 aromatic heterocycles. The van der Waals surface area contributed by atoms with Gasteiger partial charge in [0.15, 0.2) is 6.10 Å². The standard InChI is InChI=1S/C20H31N3O5/c1-12(16(25)21-14-5-6-14)28-15(24)11-23-17(26)20(22-18(23)27)9-7-13(8-10-20)19(2,3)4/h12-14H,5-11H2,1-4H3,(H,21,25)(H,22,27). The summed E-state index contributed by atoms with van der Waals surface area (Å²) in [6.07, 6.45) is 3.78. The Labute approximate surface area is 165 Å². The normalized spacial score (nSPS) is 28.9. The number of ether oxygens (including phenoxy) is 1. The molecule has 0 radical (unpaired) electrons. The molecule has 1 unspecified atom stereocenters. The maximum atomic E-state index is 12.9. The second-order valence-corrected chi connectivity index (χ2v) is 9.46. The first-order valence-corrected chi connectivity index (χ1v) is 10.2. The smallest absolute Gasteiger partial charge is 0.327 e. The minimum absolute atomic E-state index is 0.161. The number of carbonyl (C=O) groups is 4. The summed E-state index contributed by atoms with van der Waals surface area (Å²) in [7, 11) is 0. The van der Waals surface area contributed by atoms with Gasteiger partial charge in [0, 0.05) is 6.04 Å². The zero-order chi connectivity index (χ0) is 20.7. The van der Waals surface area contributed by atoms with Crippen molar-refractivity contribution in [3.05, 3.63) is 0 Å². The molecule has 2 aliphatic carbocycles. The molecule has 1 aliphatic heterocycles. The SMILES string of the molecule is CC(OC(=O)CN1C(=O)NC2(CCC(C(C)(C)C)CC2)C1=O)C(=O)NC1CC1. The Morgan fingerprint density at radius 2 is 1.82 bits per heavy atom. The van der Waals surface area contributed by atoms with Crippen LogP contribution in [0.3, 0.4) is 0 Å². The Balaban J connectivity index is 1.55. The van der Waals surface area contributed by atoms with Gasteiger partial charge in [0.05, 0.1) is 0 Å². The molecule has 1 saturated heterocycles. The lowest BCUT2D eigenvalue weighted by Crippen LogP contribution is -2.51. The third-order valence-electron chi connectivity index (χ3n) is 6.20. The van der Waals surface area contributed by atoms with E-state index < -0.39 is 30.2 Å². The zero-order valence-corrected chi connectivity index (χ0v) is 17.2. The molecule has 3 fully saturated rings. The van der Waals surface area contributed by atoms with Gasteiger partial charge in [-0.15, -0.1) is 0 Å². The summed E-state index contributed by atoms with van der Waals surface area (Å²) in [6, 6.07) is -0.395. The fourth-order valence-electron chi connectivity index (χ4n) is 4.10. The summed E-state index contributed by atoms with van der Waals surface area (Å²) < 4.78 is 5.11. The molecule has 0 bridgehead atoms. The second-order valence-electron chi connectivity index (χ2n) is 9.46. The van der Waals surface area contributed by atoms with Crippen molar-refractivity contribution < 1.29 is 23.9 Å². The van der Waals surface area contributed by atoms with Crippen LogP contribution in [0.1, 0.15) is 66.2 Å². The van der Waals surface area contributed by atoms with Gasteiger partial charge < -0.3 is 15.4 Å². The van der Waals surface area contributed by atoms with Gasteiger partial charge >= 0.3 is 12.0 Å². The number of imide groups is 1. The molecular weight excluding hydrogens is 362 g/mol. The van der Waals surface area contributed by atoms with E-state index in [9.17, 15) is 19.2 Å². The molecule has 2 saturated carbocycles. The highest BCUT2D eigenvalue weighted by Crippen LogP contribution is 2.43. The highest BCUT2D eigenvalue weighted by atomic mass is 16.5. The van der Waals surface area contributed by atoms with Gasteiger partial charge in [-0.25, -0.2) is 4.79 Å². The first-order chi connectivity index (χ1) is 13.0. The topological polar surface area (TPSA) is 105 Å². The molecule has 156 valence electrons. The van der Waals surface area contributed by atoms with Crippen LogP contribution >= 0.6 is 0 Å². The summed E-state index contributed by atoms with van der Waals surface area (Å²) in [4.78, 5) is 50.3. The lowest BCUT2D eigenvalue weighted by molar-refractivity contribution is -0.156. The minimum Gasteiger partial charge on any atom is -0.451 e. The Bertz CT molecular complexity index is 672. The fraction of sp³-hybridized carbons (Fsp3) is 0.800. The van der Waals surface area contributed by atoms with Crippen LogP contribution in [0.4, 0.5) is 4.79 Å². The molecule has 1 spiro atoms. The first kappa shape index (κ1) is 20.6. The van der Waals surface area contributed by atoms with E-state index in [0.717, 1.165) is 30.6 Å². The maximum Gasteiger partial charge on any atom is 0.327 e. The molecule has 3 rings (SSSR count). The summed E-state index contributed by atoms with van der Waals surface area (Å²) in [6.45, 7) is 7.57. The van der Waals surface area contributed by atoms with Crippen molar-refractivity contribution in [3.63, 3.8) is 0 Å². The fourth-order valence-corrected chi connectivity index (χ4v) is 4.10. The summed E-state index contributed by atoms with van der Waals surface area (Å²) in [5.41, 5.74) is -0.748. The molecule has 4 amide bonds. The van der Waals surface area contributed by atoms with E-state index in [4.69, 9.17) is 4.74 Å². The number of amides is 4. The molecule has 1 heterocycles. The second kappa shape index (κ2) is 7.37. The minimum atomic E-state index is -0.954. The summed E-state index contributed by atoms with van der Waals surface area (Å²) in [5.74, 6) is -0.989. The monoisotopic (exact) mass is 393 g/mol. The van der Waals surface area contributed by atoms with E-state index in [1.54, 1.807) is 0 Å². The van der Waals surface area contributed by atoms with Crippen LogP contribution in [0.2, 0.25) is 0 Å². The van der Waals surface area contributed by atoms with Crippen molar-refractivity contribution in [3.8, 4) is 0 Å². The Kier molecular flexibility index (Phi) is 5.42. The van der Waals surface area contributed by atoms with E-state index in [1.165, 1.54) is 6.92 Å². The van der Waals surface area contributed by atoms with Gasteiger partial charge in [-0.2, -0.15) is 0 Å². The molecule has 2 N–H and O–H groups in total. The van der Waals surface area contributed by atoms with Crippen molar-refractivity contribution in [1.82, 2.24) is 15.5 Å². The Hall–Kier alpha value is -2.12. The molecule has 3 aliphatic rings. The van der Waals surface area contributed by atoms with Gasteiger partial charge in [-0.1, -0.05) is 20.8 Å². The molecule has 8 nitrogen and oxygen atoms in total. The maximum absolute atomic E-state index is 12.9. The predicted octanol–water partition coefficient (Wildman–Crippen LogP) is 1.72. The quantitative estimate of drug-likeness (QED) is 0.547. The number of rotatable bonds is 5. The van der Waals surface area contributed by atoms with E-state index in [0.29, 0.717) is 18.8 Å². The van der Waals surface area contributed by atoms with Crippen molar-refractivity contribution >= 4 is 23.8 Å². The predicted molar refractivity (Wildman–Crippen MR) is 101 cm³/mol. The lowest BCUT2D eigenvalue weighted by atomic mass is 9.67. The highest BCUT2D eigenvalue weighted by molar-refractivity contribution is 6.08. The molecule has 1 atom stereocenters. The van der Waals surface area contributed by atoms with Crippen molar-refractivity contribution in [2.75, 3.05) is 6.54 Å². The highest BCUT2D eigenvalue weighted by Gasteiger charge is 2.53. The Morgan fingerprint density at radius 3 is 2.36 bits per heavy atom. The van der Waals surface area contributed by atoms with Crippen molar-refractivity contribution in [2.45, 2.75) is 83.9 Å². The number of urea groups is 1. The summed E-state index contributed by atoms with van der Waals surface area (Å²) >= 11 is 0. The third kappa shape index (κ3) is 4.31. The Morgan fingerprint density at radius 1 is 1.21 bits per heavy atom. The lowest BCUT2D eigenvalue weighted by Gasteiger charge is -2.40. The van der Waals surface area contributed by atoms with E-state index in [2.05, 4.69) is 31.4 Å². The number of esters is 1. The largest absolute Gasteiger partial charge is 0.451 e. The molecule has 0 aromatic carbocycles. The molecule has 8 heteroatoms. The van der Waals surface area contributed by atoms with Crippen molar-refractivity contribution in [2.24, 2.45) is 11.3 Å². The van der Waals surface area contributed by atoms with E-state index in [1.807, 2.05) is 0 Å². The number of hydrogen-bond donors (Lipinski definition) is 2. The molecule has 0 aromatic rings. The van der Waals surface area contributed by atoms with Gasteiger partial charge in [0.2, 0.25) is 0 Å². The zero-order valence-electron chi connectivity index (χ0n) is 17.2. The van der Waals surface area contributed by atoms with Crippen LogP contribution in [0, 0.1) is 11.3 Å². The van der Waals surface area contributed by atoms with E-state index >= 15 is 0 Å². The van der Waals surface area contributed by atoms with Crippen LogP contribution in [0.15, 0.2) is 0 Å². The molecule has 28 heavy (non-hydrogen) atoms. The van der Waals surface area contributed by atoms with Gasteiger partial charge in [-0.05, 0) is 56.8 Å². The number of nitrogens with one attached hydrogen (secondary N) is 2. The number of nitrogens with zero attached hydrogens (tertiary/aromatic N) is 1. The van der Waals surface area contributed by atoms with Gasteiger partial charge in [0.25, 0.3) is 11.8 Å². The van der Waals surface area contributed by atoms with Crippen LogP contribution in [0.5, 0.6) is 0 Å². The first-order valence-electron chi connectivity index (χ1n) is 10.2. The van der Waals surface area contributed by atoms with Crippen LogP contribution in [-0.2, 0) is 19.1 Å². The van der Waals surface area contributed by atoms with Crippen LogP contribution < -0.4 is 10.6 Å².